The molecule has 110 valence electrons. The van der Waals surface area contributed by atoms with Crippen molar-refractivity contribution >= 4 is 0 Å². The van der Waals surface area contributed by atoms with Gasteiger partial charge in [0.2, 0.25) is 0 Å². The Morgan fingerprint density at radius 2 is 2.05 bits per heavy atom. The second kappa shape index (κ2) is 7.44. The van der Waals surface area contributed by atoms with Crippen LogP contribution < -0.4 is 5.73 Å². The summed E-state index contributed by atoms with van der Waals surface area (Å²) >= 11 is 0. The predicted octanol–water partition coefficient (Wildman–Crippen LogP) is 1.85. The van der Waals surface area contributed by atoms with Gasteiger partial charge in [-0.2, -0.15) is 0 Å². The lowest BCUT2D eigenvalue weighted by Gasteiger charge is -2.20. The van der Waals surface area contributed by atoms with Crippen LogP contribution in [-0.2, 0) is 12.8 Å². The maximum Gasteiger partial charge on any atom is 0.125 e. The highest BCUT2D eigenvalue weighted by Gasteiger charge is 2.20. The maximum absolute atomic E-state index is 10.1. The van der Waals surface area contributed by atoms with Crippen LogP contribution in [0.3, 0.4) is 0 Å². The maximum atomic E-state index is 10.1. The molecule has 0 aliphatic carbocycles. The highest BCUT2D eigenvalue weighted by atomic mass is 16.3. The SMILES string of the molecule is C#CC(O)(CC)CCc1cccc(CC(C)C(N)O)c1. The van der Waals surface area contributed by atoms with E-state index in [4.69, 9.17) is 12.2 Å². The van der Waals surface area contributed by atoms with Gasteiger partial charge in [-0.05, 0) is 42.7 Å². The molecule has 20 heavy (non-hydrogen) atoms. The lowest BCUT2D eigenvalue weighted by Crippen LogP contribution is -2.28. The summed E-state index contributed by atoms with van der Waals surface area (Å²) in [6, 6.07) is 8.13. The summed E-state index contributed by atoms with van der Waals surface area (Å²) in [5, 5.41) is 19.4. The van der Waals surface area contributed by atoms with Crippen molar-refractivity contribution in [3.8, 4) is 12.3 Å². The van der Waals surface area contributed by atoms with Crippen LogP contribution in [0.25, 0.3) is 0 Å². The molecule has 0 aliphatic heterocycles. The van der Waals surface area contributed by atoms with Crippen LogP contribution in [0.5, 0.6) is 0 Å². The number of aliphatic hydroxyl groups excluding tert-OH is 1. The second-order valence-corrected chi connectivity index (χ2v) is 5.52. The summed E-state index contributed by atoms with van der Waals surface area (Å²) in [5.41, 5.74) is 6.74. The molecule has 0 heterocycles. The zero-order valence-corrected chi connectivity index (χ0v) is 12.3. The first-order chi connectivity index (χ1) is 9.40. The lowest BCUT2D eigenvalue weighted by molar-refractivity contribution is 0.0881. The first-order valence-electron chi connectivity index (χ1n) is 7.12. The number of nitrogens with two attached hydrogens (primary N) is 1. The topological polar surface area (TPSA) is 66.5 Å². The highest BCUT2D eigenvalue weighted by Crippen LogP contribution is 2.19. The van der Waals surface area contributed by atoms with Crippen LogP contribution >= 0.6 is 0 Å². The Bertz CT molecular complexity index is 464. The van der Waals surface area contributed by atoms with Crippen molar-refractivity contribution in [2.45, 2.75) is 51.4 Å². The van der Waals surface area contributed by atoms with Crippen LogP contribution in [0.1, 0.15) is 37.8 Å². The minimum absolute atomic E-state index is 0.0172. The van der Waals surface area contributed by atoms with Crippen molar-refractivity contribution in [1.82, 2.24) is 0 Å². The largest absolute Gasteiger partial charge is 0.379 e. The summed E-state index contributed by atoms with van der Waals surface area (Å²) in [6.07, 6.45) is 7.15. The average Bonchev–Trinajstić information content (AvgIpc) is 2.45. The summed E-state index contributed by atoms with van der Waals surface area (Å²) in [4.78, 5) is 0. The third-order valence-electron chi connectivity index (χ3n) is 3.81. The van der Waals surface area contributed by atoms with Crippen LogP contribution in [0.2, 0.25) is 0 Å². The Labute approximate surface area is 121 Å². The Balaban J connectivity index is 2.67. The van der Waals surface area contributed by atoms with E-state index in [0.29, 0.717) is 12.8 Å². The fourth-order valence-electron chi connectivity index (χ4n) is 2.11. The number of aryl methyl sites for hydroxylation is 1. The zero-order chi connectivity index (χ0) is 15.2. The molecule has 0 radical (unpaired) electrons. The van der Waals surface area contributed by atoms with Crippen LogP contribution in [0, 0.1) is 18.3 Å². The molecule has 3 unspecified atom stereocenters. The van der Waals surface area contributed by atoms with Crippen LogP contribution in [-0.4, -0.2) is 22.0 Å². The molecule has 1 aromatic carbocycles. The molecule has 0 aliphatic rings. The molecule has 3 atom stereocenters. The minimum atomic E-state index is -1.02. The third kappa shape index (κ3) is 4.97. The summed E-state index contributed by atoms with van der Waals surface area (Å²) in [5.74, 6) is 2.48. The lowest BCUT2D eigenvalue weighted by atomic mass is 9.92. The number of hydrogen-bond acceptors (Lipinski definition) is 3. The van der Waals surface area contributed by atoms with Gasteiger partial charge < -0.3 is 15.9 Å². The first kappa shape index (κ1) is 16.7. The van der Waals surface area contributed by atoms with Crippen LogP contribution in [0.4, 0.5) is 0 Å². The Kier molecular flexibility index (Phi) is 6.22. The van der Waals surface area contributed by atoms with Crippen molar-refractivity contribution in [3.05, 3.63) is 35.4 Å². The van der Waals surface area contributed by atoms with Gasteiger partial charge in [0.15, 0.2) is 0 Å². The summed E-state index contributed by atoms with van der Waals surface area (Å²) in [6.45, 7) is 3.81. The van der Waals surface area contributed by atoms with E-state index in [1.165, 1.54) is 0 Å². The van der Waals surface area contributed by atoms with Gasteiger partial charge in [0.1, 0.15) is 11.8 Å². The summed E-state index contributed by atoms with van der Waals surface area (Å²) < 4.78 is 0. The van der Waals surface area contributed by atoms with E-state index in [1.807, 2.05) is 32.0 Å². The smallest absolute Gasteiger partial charge is 0.125 e. The van der Waals surface area contributed by atoms with Gasteiger partial charge in [0, 0.05) is 0 Å². The Morgan fingerprint density at radius 3 is 2.60 bits per heavy atom. The average molecular weight is 275 g/mol. The fourth-order valence-corrected chi connectivity index (χ4v) is 2.11. The molecule has 3 nitrogen and oxygen atoms in total. The van der Waals surface area contributed by atoms with E-state index >= 15 is 0 Å². The van der Waals surface area contributed by atoms with Gasteiger partial charge >= 0.3 is 0 Å². The normalized spacial score (nSPS) is 17.0. The minimum Gasteiger partial charge on any atom is -0.379 e. The first-order valence-corrected chi connectivity index (χ1v) is 7.12. The number of rotatable bonds is 7. The van der Waals surface area contributed by atoms with Crippen molar-refractivity contribution in [1.29, 1.82) is 0 Å². The Hall–Kier alpha value is -1.34. The molecule has 1 rings (SSSR count). The van der Waals surface area contributed by atoms with Gasteiger partial charge in [-0.25, -0.2) is 0 Å². The van der Waals surface area contributed by atoms with E-state index < -0.39 is 11.8 Å². The Morgan fingerprint density at radius 1 is 1.40 bits per heavy atom. The van der Waals surface area contributed by atoms with Gasteiger partial charge in [-0.15, -0.1) is 6.42 Å². The number of terminal acetylenes is 1. The molecule has 0 saturated heterocycles. The molecule has 0 fully saturated rings. The molecule has 0 amide bonds. The molecule has 4 N–H and O–H groups in total. The molecule has 0 spiro atoms. The molecular formula is C17H25NO2. The van der Waals surface area contributed by atoms with Gasteiger partial charge in [-0.3, -0.25) is 0 Å². The predicted molar refractivity (Wildman–Crippen MR) is 81.9 cm³/mol. The number of hydrogen-bond donors (Lipinski definition) is 3. The molecule has 0 saturated carbocycles. The number of benzene rings is 1. The van der Waals surface area contributed by atoms with Crippen molar-refractivity contribution in [3.63, 3.8) is 0 Å². The molecule has 1 aromatic rings. The standard InChI is InChI=1S/C17H25NO2/c1-4-17(20,5-2)10-9-14-7-6-8-15(12-14)11-13(3)16(18)19/h1,6-8,12-13,16,19-20H,5,9-11,18H2,2-3H3. The zero-order valence-electron chi connectivity index (χ0n) is 12.3. The summed E-state index contributed by atoms with van der Waals surface area (Å²) in [7, 11) is 0. The van der Waals surface area contributed by atoms with Gasteiger partial charge in [0.25, 0.3) is 0 Å². The van der Waals surface area contributed by atoms with Gasteiger partial charge in [-0.1, -0.05) is 44.0 Å². The van der Waals surface area contributed by atoms with E-state index in [9.17, 15) is 10.2 Å². The third-order valence-corrected chi connectivity index (χ3v) is 3.81. The molecule has 0 aromatic heterocycles. The highest BCUT2D eigenvalue weighted by molar-refractivity contribution is 5.25. The van der Waals surface area contributed by atoms with Crippen molar-refractivity contribution in [2.24, 2.45) is 11.7 Å². The monoisotopic (exact) mass is 275 g/mol. The quantitative estimate of drug-likeness (QED) is 0.525. The van der Waals surface area contributed by atoms with Crippen molar-refractivity contribution < 1.29 is 10.2 Å². The van der Waals surface area contributed by atoms with E-state index in [-0.39, 0.29) is 5.92 Å². The number of aliphatic hydroxyl groups is 2. The fraction of sp³-hybridized carbons (Fsp3) is 0.529. The second-order valence-electron chi connectivity index (χ2n) is 5.52. The molecular weight excluding hydrogens is 250 g/mol. The van der Waals surface area contributed by atoms with Crippen molar-refractivity contribution in [2.75, 3.05) is 0 Å². The molecule has 0 bridgehead atoms. The van der Waals surface area contributed by atoms with E-state index in [1.54, 1.807) is 0 Å². The molecule has 3 heteroatoms. The van der Waals surface area contributed by atoms with E-state index in [2.05, 4.69) is 12.0 Å². The van der Waals surface area contributed by atoms with Crippen LogP contribution in [0.15, 0.2) is 24.3 Å². The van der Waals surface area contributed by atoms with E-state index in [0.717, 1.165) is 24.0 Å². The van der Waals surface area contributed by atoms with Gasteiger partial charge in [0.05, 0.1) is 0 Å².